The van der Waals surface area contributed by atoms with E-state index in [4.69, 9.17) is 4.74 Å². The summed E-state index contributed by atoms with van der Waals surface area (Å²) in [7, 11) is 0. The van der Waals surface area contributed by atoms with Gasteiger partial charge in [-0.25, -0.2) is 4.98 Å². The first-order valence-electron chi connectivity index (χ1n) is 6.41. The Morgan fingerprint density at radius 1 is 1.35 bits per heavy atom. The average molecular weight is 238 g/mol. The van der Waals surface area contributed by atoms with Gasteiger partial charge in [0.05, 0.1) is 19.8 Å². The van der Waals surface area contributed by atoms with Gasteiger partial charge in [-0.15, -0.1) is 0 Å². The Labute approximate surface area is 103 Å². The standard InChI is InChI=1S/C12H22N4O/c1-2-13-11-12-14-3-4-16(12)6-5-15-7-9-17-10-8-15/h3-4,13H,2,5-11H2,1H3. The van der Waals surface area contributed by atoms with Gasteiger partial charge in [0.15, 0.2) is 0 Å². The lowest BCUT2D eigenvalue weighted by Crippen LogP contribution is -2.38. The van der Waals surface area contributed by atoms with Gasteiger partial charge in [-0.3, -0.25) is 4.90 Å². The molecule has 1 N–H and O–H groups in total. The minimum Gasteiger partial charge on any atom is -0.379 e. The zero-order valence-electron chi connectivity index (χ0n) is 10.6. The Kier molecular flexibility index (Phi) is 4.97. The molecule has 1 aliphatic heterocycles. The van der Waals surface area contributed by atoms with Gasteiger partial charge in [-0.1, -0.05) is 6.92 Å². The van der Waals surface area contributed by atoms with Crippen LogP contribution >= 0.6 is 0 Å². The molecule has 0 saturated carbocycles. The minimum absolute atomic E-state index is 0.854. The number of ether oxygens (including phenoxy) is 1. The molecule has 1 aromatic rings. The molecular weight excluding hydrogens is 216 g/mol. The van der Waals surface area contributed by atoms with Crippen molar-refractivity contribution in [2.24, 2.45) is 0 Å². The lowest BCUT2D eigenvalue weighted by Gasteiger charge is -2.26. The normalized spacial score (nSPS) is 17.5. The average Bonchev–Trinajstić information content (AvgIpc) is 2.82. The van der Waals surface area contributed by atoms with Crippen molar-refractivity contribution in [2.45, 2.75) is 20.0 Å². The monoisotopic (exact) mass is 238 g/mol. The molecule has 0 aromatic carbocycles. The third-order valence-corrected chi connectivity index (χ3v) is 3.10. The second-order valence-corrected chi connectivity index (χ2v) is 4.27. The lowest BCUT2D eigenvalue weighted by molar-refractivity contribution is 0.0363. The topological polar surface area (TPSA) is 42.3 Å². The van der Waals surface area contributed by atoms with E-state index in [9.17, 15) is 0 Å². The SMILES string of the molecule is CCNCc1nccn1CCN1CCOCC1. The Morgan fingerprint density at radius 2 is 2.18 bits per heavy atom. The first-order valence-corrected chi connectivity index (χ1v) is 6.41. The Bertz CT molecular complexity index is 320. The molecule has 1 fully saturated rings. The van der Waals surface area contributed by atoms with Crippen LogP contribution < -0.4 is 5.32 Å². The molecule has 2 rings (SSSR count). The molecule has 0 aliphatic carbocycles. The fourth-order valence-electron chi connectivity index (χ4n) is 2.02. The maximum Gasteiger partial charge on any atom is 0.122 e. The van der Waals surface area contributed by atoms with E-state index in [1.807, 2.05) is 6.20 Å². The molecule has 0 radical (unpaired) electrons. The van der Waals surface area contributed by atoms with Crippen LogP contribution in [0.3, 0.4) is 0 Å². The minimum atomic E-state index is 0.854. The molecule has 5 heteroatoms. The highest BCUT2D eigenvalue weighted by Crippen LogP contribution is 2.01. The van der Waals surface area contributed by atoms with Crippen LogP contribution in [0, 0.1) is 0 Å². The number of morpholine rings is 1. The number of hydrogen-bond acceptors (Lipinski definition) is 4. The van der Waals surface area contributed by atoms with Crippen molar-refractivity contribution in [3.63, 3.8) is 0 Å². The number of hydrogen-bond donors (Lipinski definition) is 1. The van der Waals surface area contributed by atoms with Gasteiger partial charge in [0.1, 0.15) is 5.82 Å². The molecular formula is C12H22N4O. The summed E-state index contributed by atoms with van der Waals surface area (Å²) in [6.07, 6.45) is 3.94. The van der Waals surface area contributed by atoms with Crippen LogP contribution in [-0.4, -0.2) is 53.8 Å². The van der Waals surface area contributed by atoms with E-state index < -0.39 is 0 Å². The molecule has 5 nitrogen and oxygen atoms in total. The summed E-state index contributed by atoms with van der Waals surface area (Å²) in [6.45, 7) is 9.89. The predicted molar refractivity (Wildman–Crippen MR) is 66.9 cm³/mol. The van der Waals surface area contributed by atoms with Crippen LogP contribution in [0.2, 0.25) is 0 Å². The summed E-state index contributed by atoms with van der Waals surface area (Å²) in [5, 5.41) is 3.31. The fourth-order valence-corrected chi connectivity index (χ4v) is 2.02. The Balaban J connectivity index is 1.79. The molecule has 2 heterocycles. The molecule has 0 amide bonds. The summed E-state index contributed by atoms with van der Waals surface area (Å²) in [5.74, 6) is 1.13. The molecule has 0 bridgehead atoms. The van der Waals surface area contributed by atoms with Crippen molar-refractivity contribution in [1.29, 1.82) is 0 Å². The zero-order chi connectivity index (χ0) is 11.9. The number of nitrogens with zero attached hydrogens (tertiary/aromatic N) is 3. The summed E-state index contributed by atoms with van der Waals surface area (Å²) >= 11 is 0. The second-order valence-electron chi connectivity index (χ2n) is 4.27. The number of rotatable bonds is 6. The van der Waals surface area contributed by atoms with Crippen LogP contribution in [0.15, 0.2) is 12.4 Å². The highest BCUT2D eigenvalue weighted by atomic mass is 16.5. The molecule has 0 atom stereocenters. The lowest BCUT2D eigenvalue weighted by atomic mass is 10.4. The second kappa shape index (κ2) is 6.74. The van der Waals surface area contributed by atoms with E-state index in [0.717, 1.165) is 58.3 Å². The van der Waals surface area contributed by atoms with E-state index in [1.54, 1.807) is 0 Å². The highest BCUT2D eigenvalue weighted by molar-refractivity contribution is 4.92. The van der Waals surface area contributed by atoms with Crippen molar-refractivity contribution in [3.8, 4) is 0 Å². The van der Waals surface area contributed by atoms with Gasteiger partial charge in [0.2, 0.25) is 0 Å². The van der Waals surface area contributed by atoms with Crippen molar-refractivity contribution < 1.29 is 4.74 Å². The van der Waals surface area contributed by atoms with E-state index >= 15 is 0 Å². The highest BCUT2D eigenvalue weighted by Gasteiger charge is 2.10. The van der Waals surface area contributed by atoms with Crippen LogP contribution in [0.5, 0.6) is 0 Å². The molecule has 1 aliphatic rings. The van der Waals surface area contributed by atoms with Crippen LogP contribution in [-0.2, 0) is 17.8 Å². The third-order valence-electron chi connectivity index (χ3n) is 3.10. The van der Waals surface area contributed by atoms with Gasteiger partial charge in [0, 0.05) is 38.6 Å². The largest absolute Gasteiger partial charge is 0.379 e. The van der Waals surface area contributed by atoms with E-state index in [2.05, 4.69) is 32.9 Å². The van der Waals surface area contributed by atoms with Gasteiger partial charge in [-0.2, -0.15) is 0 Å². The van der Waals surface area contributed by atoms with Gasteiger partial charge in [-0.05, 0) is 6.54 Å². The predicted octanol–water partition coefficient (Wildman–Crippen LogP) is 0.325. The Morgan fingerprint density at radius 3 is 2.94 bits per heavy atom. The smallest absolute Gasteiger partial charge is 0.122 e. The molecule has 0 unspecified atom stereocenters. The first kappa shape index (κ1) is 12.5. The summed E-state index contributed by atoms with van der Waals surface area (Å²) in [6, 6.07) is 0. The van der Waals surface area contributed by atoms with Gasteiger partial charge >= 0.3 is 0 Å². The van der Waals surface area contributed by atoms with Crippen LogP contribution in [0.4, 0.5) is 0 Å². The van der Waals surface area contributed by atoms with Gasteiger partial charge in [0.25, 0.3) is 0 Å². The Hall–Kier alpha value is -0.910. The number of nitrogens with one attached hydrogen (secondary N) is 1. The molecule has 1 aromatic heterocycles. The molecule has 96 valence electrons. The fraction of sp³-hybridized carbons (Fsp3) is 0.750. The third kappa shape index (κ3) is 3.80. The van der Waals surface area contributed by atoms with Crippen molar-refractivity contribution in [2.75, 3.05) is 39.4 Å². The summed E-state index contributed by atoms with van der Waals surface area (Å²) < 4.78 is 7.58. The van der Waals surface area contributed by atoms with Crippen molar-refractivity contribution >= 4 is 0 Å². The molecule has 17 heavy (non-hydrogen) atoms. The molecule has 1 saturated heterocycles. The van der Waals surface area contributed by atoms with Crippen LogP contribution in [0.1, 0.15) is 12.7 Å². The van der Waals surface area contributed by atoms with E-state index in [1.165, 1.54) is 0 Å². The van der Waals surface area contributed by atoms with Crippen molar-refractivity contribution in [1.82, 2.24) is 19.8 Å². The van der Waals surface area contributed by atoms with Crippen LogP contribution in [0.25, 0.3) is 0 Å². The van der Waals surface area contributed by atoms with Crippen molar-refractivity contribution in [3.05, 3.63) is 18.2 Å². The summed E-state index contributed by atoms with van der Waals surface area (Å²) in [4.78, 5) is 6.82. The molecule has 0 spiro atoms. The maximum atomic E-state index is 5.34. The number of aromatic nitrogens is 2. The van der Waals surface area contributed by atoms with E-state index in [-0.39, 0.29) is 0 Å². The van der Waals surface area contributed by atoms with E-state index in [0.29, 0.717) is 0 Å². The summed E-state index contributed by atoms with van der Waals surface area (Å²) in [5.41, 5.74) is 0. The quantitative estimate of drug-likeness (QED) is 0.775. The number of imidazole rings is 1. The van der Waals surface area contributed by atoms with Gasteiger partial charge < -0.3 is 14.6 Å². The zero-order valence-corrected chi connectivity index (χ0v) is 10.6. The maximum absolute atomic E-state index is 5.34. The first-order chi connectivity index (χ1) is 8.40.